The molecule has 580 valence electrons. The maximum atomic E-state index is 13.2. The Labute approximate surface area is 680 Å². The van der Waals surface area contributed by atoms with Crippen LogP contribution in [0.3, 0.4) is 0 Å². The first-order chi connectivity index (χ1) is 53.5. The number of amides is 5. The van der Waals surface area contributed by atoms with Crippen molar-refractivity contribution in [3.05, 3.63) is 208 Å². The molecule has 6 aliphatic heterocycles. The second kappa shape index (κ2) is 30.7. The summed E-state index contributed by atoms with van der Waals surface area (Å²) in [6.45, 7) is 15.6. The minimum absolute atomic E-state index is 0.000120. The van der Waals surface area contributed by atoms with Gasteiger partial charge in [-0.15, -0.1) is 0 Å². The molecule has 5 amide bonds. The van der Waals surface area contributed by atoms with Gasteiger partial charge in [0.05, 0.1) is 47.2 Å². The lowest BCUT2D eigenvalue weighted by Gasteiger charge is -2.36. The van der Waals surface area contributed by atoms with Crippen molar-refractivity contribution in [1.29, 1.82) is 0 Å². The Morgan fingerprint density at radius 1 is 0.500 bits per heavy atom. The van der Waals surface area contributed by atoms with Crippen molar-refractivity contribution in [2.45, 2.75) is 132 Å². The van der Waals surface area contributed by atoms with Crippen molar-refractivity contribution < 1.29 is 47.7 Å². The van der Waals surface area contributed by atoms with Crippen molar-refractivity contribution in [2.75, 3.05) is 77.1 Å². The van der Waals surface area contributed by atoms with Gasteiger partial charge in [0.1, 0.15) is 27.9 Å². The number of thioether (sulfide) groups is 1. The molecule has 25 nitrogen and oxygen atoms in total. The largest absolute Gasteiger partial charge is 0.455 e. The van der Waals surface area contributed by atoms with Gasteiger partial charge in [-0.05, 0) is 193 Å². The maximum Gasteiger partial charge on any atom is 0.410 e. The summed E-state index contributed by atoms with van der Waals surface area (Å²) in [5.74, 6) is 0.354. The Morgan fingerprint density at radius 2 is 0.866 bits per heavy atom. The lowest BCUT2D eigenvalue weighted by Crippen LogP contribution is -2.44. The number of rotatable bonds is 8. The lowest BCUT2D eigenvalue weighted by molar-refractivity contribution is 0.0187. The molecule has 3 aromatic heterocycles. The quantitative estimate of drug-likeness (QED) is 0.0624. The molecule has 0 bridgehead atoms. The van der Waals surface area contributed by atoms with Crippen LogP contribution in [0.5, 0.6) is 17.6 Å². The van der Waals surface area contributed by atoms with Crippen molar-refractivity contribution in [3.8, 4) is 17.6 Å². The Balaban J connectivity index is 0.000000123. The molecular weight excluding hydrogens is 1580 g/mol. The van der Waals surface area contributed by atoms with E-state index in [0.717, 1.165) is 67.9 Å². The highest BCUT2D eigenvalue weighted by molar-refractivity contribution is 7.98. The van der Waals surface area contributed by atoms with Crippen molar-refractivity contribution in [1.82, 2.24) is 45.0 Å². The summed E-state index contributed by atoms with van der Waals surface area (Å²) < 4.78 is 28.2. The normalized spacial score (nSPS) is 17.3. The van der Waals surface area contributed by atoms with Gasteiger partial charge in [-0.1, -0.05) is 118 Å². The summed E-state index contributed by atoms with van der Waals surface area (Å²) >= 11 is 38.8. The number of nitrogens with one attached hydrogen (secondary N) is 3. The van der Waals surface area contributed by atoms with Gasteiger partial charge in [0.25, 0.3) is 17.7 Å². The minimum Gasteiger partial charge on any atom is -0.455 e. The number of aromatic nitrogens is 6. The summed E-state index contributed by atoms with van der Waals surface area (Å²) in [5, 5.41) is 12.7. The molecule has 9 aliphatic rings. The number of para-hydroxylation sites is 3. The number of benzene rings is 6. The average Bonchev–Trinajstić information content (AvgIpc) is 1.54. The van der Waals surface area contributed by atoms with Crippen LogP contribution in [0.2, 0.25) is 30.1 Å². The first-order valence-electron chi connectivity index (χ1n) is 36.2. The van der Waals surface area contributed by atoms with Crippen LogP contribution in [-0.4, -0.2) is 127 Å². The molecular formula is C80H77Cl6N15O10S. The van der Waals surface area contributed by atoms with Crippen LogP contribution in [0.4, 0.5) is 55.6 Å². The molecule has 3 saturated carbocycles. The number of ether oxygens (including phenoxy) is 5. The fourth-order valence-electron chi connectivity index (χ4n) is 14.6. The predicted molar refractivity (Wildman–Crippen MR) is 432 cm³/mol. The van der Waals surface area contributed by atoms with Crippen molar-refractivity contribution >= 4 is 157 Å². The first-order valence-corrected chi connectivity index (χ1v) is 39.6. The molecule has 18 rings (SSSR count). The lowest BCUT2D eigenvalue weighted by atomic mass is 9.87. The molecule has 3 fully saturated rings. The number of carbonyl (C=O) groups is 5. The summed E-state index contributed by atoms with van der Waals surface area (Å²) in [4.78, 5) is 97.4. The zero-order valence-electron chi connectivity index (χ0n) is 62.0. The van der Waals surface area contributed by atoms with Gasteiger partial charge >= 0.3 is 12.2 Å². The molecule has 3 aliphatic carbocycles. The smallest absolute Gasteiger partial charge is 0.410 e. The van der Waals surface area contributed by atoms with Gasteiger partial charge in [-0.25, -0.2) is 24.5 Å². The van der Waals surface area contributed by atoms with E-state index in [-0.39, 0.29) is 101 Å². The van der Waals surface area contributed by atoms with Crippen LogP contribution in [0.15, 0.2) is 133 Å². The van der Waals surface area contributed by atoms with E-state index in [1.54, 1.807) is 59.5 Å². The summed E-state index contributed by atoms with van der Waals surface area (Å²) in [6.07, 6.45) is 12.5. The van der Waals surface area contributed by atoms with Gasteiger partial charge in [0, 0.05) is 91.2 Å². The highest BCUT2D eigenvalue weighted by Gasteiger charge is 2.52. The van der Waals surface area contributed by atoms with E-state index < -0.39 is 11.2 Å². The number of nitrogens with zero attached hydrogens (tertiary/aromatic N) is 11. The number of hydrogen-bond donors (Lipinski definition) is 4. The number of nitrogen functional groups attached to an aromatic ring is 1. The minimum atomic E-state index is -0.554. The third-order valence-electron chi connectivity index (χ3n) is 20.4. The van der Waals surface area contributed by atoms with Gasteiger partial charge in [-0.3, -0.25) is 29.1 Å². The van der Waals surface area contributed by atoms with Gasteiger partial charge in [-0.2, -0.15) is 15.0 Å². The van der Waals surface area contributed by atoms with E-state index >= 15 is 0 Å². The van der Waals surface area contributed by atoms with Crippen LogP contribution in [-0.2, 0) is 45.4 Å². The van der Waals surface area contributed by atoms with E-state index in [4.69, 9.17) is 99.0 Å². The average molecular weight is 1650 g/mol. The Hall–Kier alpha value is -9.64. The number of carbonyl (C=O) groups excluding carboxylic acids is 5. The standard InChI is InChI=1S/C28H27Cl2N5O4.C23H19Cl2N5O2.C16H22N2O2.C13H9Cl2N3O2S/c1-27(2,3)39-26(37)34-13-16-11-17(7-8-19(16)28(14-34)9-10-28)32-25-31-12-18-23(33-25)38-15-35(24(18)36)22-20(29)5-4-6-21(22)30;24-17-2-1-3-18(25)19(17)30-12-32-20-15(21(30)31)10-27-22(29-20)28-14-4-5-16-13(8-14)9-26-11-23(16)6-7-23;1-15(2,3)20-14(19)18-9-11-8-12(17)4-5-13(11)16(10-18)6-7-16;1-21-13-16-5-7-11(17-13)20-6-18(12(7)19)10-8(14)3-2-4-9(10)15/h4-8,11-12H,9-10,13-15H2,1-3H3,(H,31,32,33);1-5,8,10,26H,6-7,9,11-12H2,(H,27,28,29);4-5,8H,6-7,9-10,17H2,1-3H3;2-5H,6H2,1H3. The molecule has 0 unspecified atom stereocenters. The molecule has 9 heterocycles. The Bertz CT molecular complexity index is 5230. The predicted octanol–water partition coefficient (Wildman–Crippen LogP) is 17.5. The fraction of sp³-hybridized carbons (Fsp3) is 0.338. The zero-order chi connectivity index (χ0) is 78.9. The van der Waals surface area contributed by atoms with Gasteiger partial charge < -0.3 is 55.2 Å². The summed E-state index contributed by atoms with van der Waals surface area (Å²) in [5.41, 5.74) is 17.3. The molecule has 5 N–H and O–H groups in total. The highest BCUT2D eigenvalue weighted by Crippen LogP contribution is 2.55. The van der Waals surface area contributed by atoms with E-state index in [1.165, 1.54) is 85.7 Å². The van der Waals surface area contributed by atoms with Crippen molar-refractivity contribution in [3.63, 3.8) is 0 Å². The van der Waals surface area contributed by atoms with Gasteiger partial charge in [0.2, 0.25) is 29.5 Å². The van der Waals surface area contributed by atoms with Gasteiger partial charge in [0.15, 0.2) is 25.3 Å². The SMILES string of the molecule is CC(C)(C)OC(=O)N1Cc2cc(N)ccc2C2(CC2)C1.CC(C)(C)OC(=O)N1Cc2cc(Nc3ncc4c(n3)OCN(c3c(Cl)cccc3Cl)C4=O)ccc2C2(CC2)C1.CSc1ncc2c(n1)OCN(c1c(Cl)cccc1Cl)C2=O.O=C1c2cnc(Nc3ccc4c(c3)CNCC43CC3)nc2OCN1c1c(Cl)cccc1Cl. The number of hydrogen-bond acceptors (Lipinski definition) is 21. The molecule has 0 atom stereocenters. The second-order valence-electron chi connectivity index (χ2n) is 30.7. The fourth-order valence-corrected chi connectivity index (χ4v) is 16.7. The molecule has 0 saturated heterocycles. The van der Waals surface area contributed by atoms with E-state index in [2.05, 4.69) is 76.2 Å². The maximum absolute atomic E-state index is 13.2. The first kappa shape index (κ1) is 77.7. The molecule has 32 heteroatoms. The highest BCUT2D eigenvalue weighted by atomic mass is 35.5. The summed E-state index contributed by atoms with van der Waals surface area (Å²) in [7, 11) is 0. The topological polar surface area (TPSA) is 287 Å². The monoisotopic (exact) mass is 1650 g/mol. The number of nitrogens with two attached hydrogens (primary N) is 1. The van der Waals surface area contributed by atoms with Crippen molar-refractivity contribution in [2.24, 2.45) is 0 Å². The second-order valence-corrected chi connectivity index (χ2v) is 33.9. The number of fused-ring (bicyclic) bond motifs is 9. The molecule has 112 heavy (non-hydrogen) atoms. The Kier molecular flexibility index (Phi) is 21.3. The van der Waals surface area contributed by atoms with E-state index in [1.807, 2.05) is 77.0 Å². The summed E-state index contributed by atoms with van der Waals surface area (Å²) in [6, 6.07) is 33.7. The number of anilines is 8. The Morgan fingerprint density at radius 3 is 1.26 bits per heavy atom. The van der Waals surface area contributed by atoms with Crippen LogP contribution >= 0.6 is 81.4 Å². The van der Waals surface area contributed by atoms with Crippen LogP contribution in [0.1, 0.15) is 145 Å². The zero-order valence-corrected chi connectivity index (χ0v) is 67.3. The molecule has 0 radical (unpaired) electrons. The van der Waals surface area contributed by atoms with Crippen LogP contribution < -0.4 is 50.6 Å². The molecule has 3 spiro atoms. The third-order valence-corrected chi connectivity index (χ3v) is 22.8. The van der Waals surface area contributed by atoms with Crippen LogP contribution in [0.25, 0.3) is 0 Å². The number of halogens is 6. The third kappa shape index (κ3) is 16.2. The van der Waals surface area contributed by atoms with E-state index in [0.29, 0.717) is 83.4 Å². The van der Waals surface area contributed by atoms with Crippen LogP contribution in [0, 0.1) is 0 Å². The molecule has 9 aromatic rings. The molecule has 6 aromatic carbocycles. The van der Waals surface area contributed by atoms with E-state index in [9.17, 15) is 24.0 Å².